The van der Waals surface area contributed by atoms with Crippen molar-refractivity contribution in [2.45, 2.75) is 6.10 Å². The van der Waals surface area contributed by atoms with Crippen LogP contribution in [-0.4, -0.2) is 30.6 Å². The van der Waals surface area contributed by atoms with E-state index in [-0.39, 0.29) is 13.4 Å². The number of benzene rings is 2. The van der Waals surface area contributed by atoms with Crippen molar-refractivity contribution in [3.8, 4) is 11.5 Å². The van der Waals surface area contributed by atoms with E-state index in [4.69, 9.17) is 14.2 Å². The van der Waals surface area contributed by atoms with Crippen LogP contribution in [0.3, 0.4) is 0 Å². The van der Waals surface area contributed by atoms with Crippen molar-refractivity contribution in [1.82, 2.24) is 4.98 Å². The number of thiazole rings is 1. The van der Waals surface area contributed by atoms with E-state index in [2.05, 4.69) is 20.9 Å². The van der Waals surface area contributed by atoms with Crippen molar-refractivity contribution in [1.29, 1.82) is 0 Å². The van der Waals surface area contributed by atoms with Gasteiger partial charge in [0.1, 0.15) is 17.7 Å². The fourth-order valence-electron chi connectivity index (χ4n) is 2.13. The van der Waals surface area contributed by atoms with Crippen LogP contribution in [0, 0.1) is 0 Å². The second-order valence-electron chi connectivity index (χ2n) is 4.96. The predicted molar refractivity (Wildman–Crippen MR) is 96.7 cm³/mol. The van der Waals surface area contributed by atoms with E-state index in [9.17, 15) is 5.11 Å². The molecule has 1 aromatic heterocycles. The molecule has 0 aliphatic rings. The summed E-state index contributed by atoms with van der Waals surface area (Å²) in [5.74, 6) is 1.07. The fraction of sp³-hybridized carbons (Fsp3) is 0.235. The summed E-state index contributed by atoms with van der Waals surface area (Å²) in [6, 6.07) is 13.2. The van der Waals surface area contributed by atoms with Crippen LogP contribution >= 0.6 is 27.3 Å². The van der Waals surface area contributed by atoms with Gasteiger partial charge in [-0.2, -0.15) is 0 Å². The summed E-state index contributed by atoms with van der Waals surface area (Å²) in [5.41, 5.74) is 0.878. The molecule has 0 radical (unpaired) electrons. The van der Waals surface area contributed by atoms with E-state index in [0.29, 0.717) is 16.5 Å². The number of nitrogens with zero attached hydrogens (tertiary/aromatic N) is 1. The number of fused-ring (bicyclic) bond motifs is 1. The minimum atomic E-state index is -0.809. The lowest BCUT2D eigenvalue weighted by atomic mass is 10.3. The highest BCUT2D eigenvalue weighted by molar-refractivity contribution is 9.10. The lowest BCUT2D eigenvalue weighted by Crippen LogP contribution is -2.10. The number of hydrogen-bond acceptors (Lipinski definition) is 6. The molecule has 24 heavy (non-hydrogen) atoms. The summed E-state index contributed by atoms with van der Waals surface area (Å²) >= 11 is 4.88. The Morgan fingerprint density at radius 1 is 1.17 bits per heavy atom. The minimum Gasteiger partial charge on any atom is -0.486 e. The monoisotopic (exact) mass is 409 g/mol. The van der Waals surface area contributed by atoms with Crippen LogP contribution in [0.1, 0.15) is 11.1 Å². The molecule has 0 saturated carbocycles. The van der Waals surface area contributed by atoms with Crippen LogP contribution in [0.25, 0.3) is 10.2 Å². The summed E-state index contributed by atoms with van der Waals surface area (Å²) in [6.45, 7) is 0.193. The van der Waals surface area contributed by atoms with E-state index >= 15 is 0 Å². The second kappa shape index (κ2) is 7.94. The van der Waals surface area contributed by atoms with Crippen molar-refractivity contribution in [3.05, 3.63) is 51.9 Å². The SMILES string of the molecule is COCOc1c(Br)cccc1OCC(O)c1nc2ccccc2s1. The van der Waals surface area contributed by atoms with E-state index in [1.165, 1.54) is 11.3 Å². The van der Waals surface area contributed by atoms with Gasteiger partial charge in [-0.25, -0.2) is 4.98 Å². The molecule has 0 spiro atoms. The zero-order chi connectivity index (χ0) is 16.9. The first-order valence-corrected chi connectivity index (χ1v) is 8.86. The molecule has 1 heterocycles. The van der Waals surface area contributed by atoms with E-state index in [1.54, 1.807) is 13.2 Å². The van der Waals surface area contributed by atoms with Crippen molar-refractivity contribution in [2.75, 3.05) is 20.5 Å². The Hall–Kier alpha value is -1.67. The van der Waals surface area contributed by atoms with Gasteiger partial charge in [-0.3, -0.25) is 0 Å². The molecule has 2 aromatic carbocycles. The van der Waals surface area contributed by atoms with Crippen LogP contribution in [0.5, 0.6) is 11.5 Å². The molecule has 5 nitrogen and oxygen atoms in total. The van der Waals surface area contributed by atoms with Gasteiger partial charge in [-0.1, -0.05) is 18.2 Å². The number of aliphatic hydroxyl groups is 1. The van der Waals surface area contributed by atoms with E-state index < -0.39 is 6.10 Å². The maximum Gasteiger partial charge on any atom is 0.188 e. The van der Waals surface area contributed by atoms with Crippen molar-refractivity contribution < 1.29 is 19.3 Å². The zero-order valence-corrected chi connectivity index (χ0v) is 15.3. The van der Waals surface area contributed by atoms with Gasteiger partial charge in [0.05, 0.1) is 14.7 Å². The molecule has 3 rings (SSSR count). The summed E-state index contributed by atoms with van der Waals surface area (Å²) < 4.78 is 18.0. The Bertz CT molecular complexity index is 790. The van der Waals surface area contributed by atoms with Gasteiger partial charge < -0.3 is 19.3 Å². The molecule has 126 valence electrons. The van der Waals surface area contributed by atoms with Gasteiger partial charge in [0, 0.05) is 7.11 Å². The molecule has 1 atom stereocenters. The second-order valence-corrected chi connectivity index (χ2v) is 6.88. The van der Waals surface area contributed by atoms with Crippen LogP contribution in [0.15, 0.2) is 46.9 Å². The maximum atomic E-state index is 10.4. The summed E-state index contributed by atoms with van der Waals surface area (Å²) in [7, 11) is 1.55. The number of methoxy groups -OCH3 is 1. The topological polar surface area (TPSA) is 60.8 Å². The average Bonchev–Trinajstić information content (AvgIpc) is 3.03. The maximum absolute atomic E-state index is 10.4. The van der Waals surface area contributed by atoms with Crippen molar-refractivity contribution >= 4 is 37.5 Å². The Morgan fingerprint density at radius 3 is 2.79 bits per heavy atom. The molecule has 0 amide bonds. The van der Waals surface area contributed by atoms with Gasteiger partial charge >= 0.3 is 0 Å². The summed E-state index contributed by atoms with van der Waals surface area (Å²) in [6.07, 6.45) is -0.809. The number of aromatic nitrogens is 1. The van der Waals surface area contributed by atoms with Crippen LogP contribution in [0.4, 0.5) is 0 Å². The number of aliphatic hydroxyl groups excluding tert-OH is 1. The van der Waals surface area contributed by atoms with Gasteiger partial charge in [-0.15, -0.1) is 11.3 Å². The smallest absolute Gasteiger partial charge is 0.188 e. The minimum absolute atomic E-state index is 0.0830. The number of para-hydroxylation sites is 2. The molecule has 0 bridgehead atoms. The molecule has 1 unspecified atom stereocenters. The Morgan fingerprint density at radius 2 is 2.00 bits per heavy atom. The number of ether oxygens (including phenoxy) is 3. The first kappa shape index (κ1) is 17.2. The normalized spacial score (nSPS) is 12.3. The van der Waals surface area contributed by atoms with Gasteiger partial charge in [0.15, 0.2) is 18.3 Å². The quantitative estimate of drug-likeness (QED) is 0.593. The van der Waals surface area contributed by atoms with Crippen LogP contribution in [0.2, 0.25) is 0 Å². The van der Waals surface area contributed by atoms with Crippen molar-refractivity contribution in [2.24, 2.45) is 0 Å². The van der Waals surface area contributed by atoms with Crippen molar-refractivity contribution in [3.63, 3.8) is 0 Å². The molecule has 7 heteroatoms. The van der Waals surface area contributed by atoms with Crippen LogP contribution < -0.4 is 9.47 Å². The number of halogens is 1. The number of hydrogen-bond donors (Lipinski definition) is 1. The van der Waals surface area contributed by atoms with Crippen LogP contribution in [-0.2, 0) is 4.74 Å². The lowest BCUT2D eigenvalue weighted by molar-refractivity contribution is 0.0457. The fourth-order valence-corrected chi connectivity index (χ4v) is 3.53. The first-order valence-electron chi connectivity index (χ1n) is 7.25. The molecule has 0 aliphatic carbocycles. The zero-order valence-electron chi connectivity index (χ0n) is 12.9. The third-order valence-corrected chi connectivity index (χ3v) is 5.01. The Labute approximate surface area is 151 Å². The third-order valence-electron chi connectivity index (χ3n) is 3.24. The largest absolute Gasteiger partial charge is 0.486 e. The Kier molecular flexibility index (Phi) is 5.68. The third kappa shape index (κ3) is 3.87. The highest BCUT2D eigenvalue weighted by Gasteiger charge is 2.16. The molecule has 0 fully saturated rings. The Balaban J connectivity index is 1.72. The van der Waals surface area contributed by atoms with E-state index in [0.717, 1.165) is 14.7 Å². The molecule has 0 saturated heterocycles. The van der Waals surface area contributed by atoms with Gasteiger partial charge in [0.2, 0.25) is 0 Å². The highest BCUT2D eigenvalue weighted by Crippen LogP contribution is 2.36. The molecule has 1 N–H and O–H groups in total. The predicted octanol–water partition coefficient (Wildman–Crippen LogP) is 4.15. The molecular formula is C17H16BrNO4S. The highest BCUT2D eigenvalue weighted by atomic mass is 79.9. The average molecular weight is 410 g/mol. The number of rotatable bonds is 7. The first-order chi connectivity index (χ1) is 11.7. The summed E-state index contributed by atoms with van der Waals surface area (Å²) in [5, 5.41) is 11.0. The molecule has 0 aliphatic heterocycles. The lowest BCUT2D eigenvalue weighted by Gasteiger charge is -2.15. The molecular weight excluding hydrogens is 394 g/mol. The van der Waals surface area contributed by atoms with Gasteiger partial charge in [0.25, 0.3) is 0 Å². The standard InChI is InChI=1S/C17H16BrNO4S/c1-21-10-23-16-11(18)5-4-7-14(16)22-9-13(20)17-19-12-6-2-3-8-15(12)24-17/h2-8,13,20H,9-10H2,1H3. The summed E-state index contributed by atoms with van der Waals surface area (Å²) in [4.78, 5) is 4.44. The molecule has 3 aromatic rings. The van der Waals surface area contributed by atoms with E-state index in [1.807, 2.05) is 36.4 Å². The van der Waals surface area contributed by atoms with Gasteiger partial charge in [-0.05, 0) is 40.2 Å².